The van der Waals surface area contributed by atoms with Crippen LogP contribution in [-0.4, -0.2) is 39.0 Å². The molecule has 1 aromatic heterocycles. The Bertz CT molecular complexity index is 343. The largest absolute Gasteiger partial charge is 0.325 e. The molecule has 1 fully saturated rings. The van der Waals surface area contributed by atoms with Crippen molar-refractivity contribution < 1.29 is 0 Å². The lowest BCUT2D eigenvalue weighted by molar-refractivity contribution is 0.156. The van der Waals surface area contributed by atoms with Crippen LogP contribution in [0.4, 0.5) is 0 Å². The normalized spacial score (nSPS) is 17.5. The molecule has 0 aliphatic heterocycles. The quantitative estimate of drug-likeness (QED) is 0.830. The van der Waals surface area contributed by atoms with Crippen LogP contribution in [0.1, 0.15) is 44.7 Å². The zero-order valence-electron chi connectivity index (χ0n) is 11.4. The SMILES string of the molecule is CCN(CCn1cc(CN)nn1)C1CCCCC1. The molecule has 1 heterocycles. The minimum atomic E-state index is 0.472. The summed E-state index contributed by atoms with van der Waals surface area (Å²) >= 11 is 0. The van der Waals surface area contributed by atoms with E-state index in [2.05, 4.69) is 22.1 Å². The maximum atomic E-state index is 5.54. The van der Waals surface area contributed by atoms with E-state index in [-0.39, 0.29) is 0 Å². The summed E-state index contributed by atoms with van der Waals surface area (Å²) < 4.78 is 1.91. The molecule has 2 N–H and O–H groups in total. The molecule has 0 spiro atoms. The van der Waals surface area contributed by atoms with Gasteiger partial charge in [-0.3, -0.25) is 9.58 Å². The van der Waals surface area contributed by atoms with Crippen LogP contribution in [-0.2, 0) is 13.1 Å². The van der Waals surface area contributed by atoms with E-state index in [0.29, 0.717) is 6.54 Å². The molecule has 1 aliphatic carbocycles. The molecular weight excluding hydrogens is 226 g/mol. The van der Waals surface area contributed by atoms with Gasteiger partial charge in [0.25, 0.3) is 0 Å². The van der Waals surface area contributed by atoms with E-state index in [4.69, 9.17) is 5.73 Å². The predicted molar refractivity (Wildman–Crippen MR) is 72.0 cm³/mol. The monoisotopic (exact) mass is 251 g/mol. The molecule has 0 saturated heterocycles. The fourth-order valence-corrected chi connectivity index (χ4v) is 2.82. The van der Waals surface area contributed by atoms with Gasteiger partial charge in [-0.2, -0.15) is 0 Å². The Morgan fingerprint density at radius 2 is 2.17 bits per heavy atom. The minimum Gasteiger partial charge on any atom is -0.325 e. The van der Waals surface area contributed by atoms with Crippen LogP contribution in [0.5, 0.6) is 0 Å². The van der Waals surface area contributed by atoms with Crippen LogP contribution in [0.25, 0.3) is 0 Å². The van der Waals surface area contributed by atoms with Crippen molar-refractivity contribution in [2.24, 2.45) is 5.73 Å². The molecule has 0 aromatic carbocycles. The van der Waals surface area contributed by atoms with Gasteiger partial charge in [0.15, 0.2) is 0 Å². The first kappa shape index (κ1) is 13.5. The number of nitrogens with zero attached hydrogens (tertiary/aromatic N) is 4. The Labute approximate surface area is 109 Å². The first-order valence-electron chi connectivity index (χ1n) is 7.16. The molecule has 0 atom stereocenters. The summed E-state index contributed by atoms with van der Waals surface area (Å²) in [4.78, 5) is 2.59. The van der Waals surface area contributed by atoms with Crippen molar-refractivity contribution in [2.45, 2.75) is 58.2 Å². The van der Waals surface area contributed by atoms with Gasteiger partial charge in [0.2, 0.25) is 0 Å². The summed E-state index contributed by atoms with van der Waals surface area (Å²) in [5, 5.41) is 8.12. The summed E-state index contributed by atoms with van der Waals surface area (Å²) in [6, 6.07) is 0.779. The third kappa shape index (κ3) is 3.53. The third-order valence-electron chi connectivity index (χ3n) is 3.91. The molecule has 5 nitrogen and oxygen atoms in total. The standard InChI is InChI=1S/C13H25N5/c1-2-17(13-6-4-3-5-7-13)8-9-18-11-12(10-14)15-16-18/h11,13H,2-10,14H2,1H3. The Hall–Kier alpha value is -0.940. The number of hydrogen-bond acceptors (Lipinski definition) is 4. The zero-order valence-corrected chi connectivity index (χ0v) is 11.4. The first-order chi connectivity index (χ1) is 8.83. The average Bonchev–Trinajstić information content (AvgIpc) is 2.89. The van der Waals surface area contributed by atoms with Crippen molar-refractivity contribution in [3.8, 4) is 0 Å². The minimum absolute atomic E-state index is 0.472. The Morgan fingerprint density at radius 1 is 1.39 bits per heavy atom. The van der Waals surface area contributed by atoms with Crippen LogP contribution in [0.3, 0.4) is 0 Å². The van der Waals surface area contributed by atoms with Crippen molar-refractivity contribution in [1.82, 2.24) is 19.9 Å². The highest BCUT2D eigenvalue weighted by molar-refractivity contribution is 4.90. The van der Waals surface area contributed by atoms with Gasteiger partial charge in [0.05, 0.1) is 12.2 Å². The highest BCUT2D eigenvalue weighted by Crippen LogP contribution is 2.22. The van der Waals surface area contributed by atoms with E-state index in [1.165, 1.54) is 32.1 Å². The van der Waals surface area contributed by atoms with Crippen LogP contribution < -0.4 is 5.73 Å². The summed E-state index contributed by atoms with van der Waals surface area (Å²) in [5.41, 5.74) is 6.41. The number of hydrogen-bond donors (Lipinski definition) is 1. The van der Waals surface area contributed by atoms with E-state index in [1.807, 2.05) is 10.9 Å². The zero-order chi connectivity index (χ0) is 12.8. The van der Waals surface area contributed by atoms with Crippen LogP contribution in [0, 0.1) is 0 Å². The van der Waals surface area contributed by atoms with Gasteiger partial charge in [-0.15, -0.1) is 5.10 Å². The fourth-order valence-electron chi connectivity index (χ4n) is 2.82. The van der Waals surface area contributed by atoms with E-state index < -0.39 is 0 Å². The number of likely N-dealkylation sites (N-methyl/N-ethyl adjacent to an activating group) is 1. The molecule has 1 aliphatic rings. The molecule has 1 saturated carbocycles. The molecule has 102 valence electrons. The molecule has 0 radical (unpaired) electrons. The van der Waals surface area contributed by atoms with Crippen molar-refractivity contribution in [2.75, 3.05) is 13.1 Å². The molecule has 0 unspecified atom stereocenters. The third-order valence-corrected chi connectivity index (χ3v) is 3.91. The molecular formula is C13H25N5. The van der Waals surface area contributed by atoms with Gasteiger partial charge in [0, 0.05) is 25.3 Å². The van der Waals surface area contributed by atoms with Crippen LogP contribution in [0.2, 0.25) is 0 Å². The van der Waals surface area contributed by atoms with E-state index in [9.17, 15) is 0 Å². The second-order valence-electron chi connectivity index (χ2n) is 5.10. The van der Waals surface area contributed by atoms with Gasteiger partial charge in [-0.25, -0.2) is 0 Å². The molecule has 18 heavy (non-hydrogen) atoms. The maximum Gasteiger partial charge on any atom is 0.0962 e. The van der Waals surface area contributed by atoms with Crippen molar-refractivity contribution >= 4 is 0 Å². The van der Waals surface area contributed by atoms with E-state index in [1.54, 1.807) is 0 Å². The number of rotatable bonds is 6. The van der Waals surface area contributed by atoms with Crippen molar-refractivity contribution in [1.29, 1.82) is 0 Å². The Morgan fingerprint density at radius 3 is 2.78 bits per heavy atom. The van der Waals surface area contributed by atoms with Crippen molar-refractivity contribution in [3.63, 3.8) is 0 Å². The lowest BCUT2D eigenvalue weighted by Gasteiger charge is -2.33. The maximum absolute atomic E-state index is 5.54. The predicted octanol–water partition coefficient (Wildman–Crippen LogP) is 1.39. The second kappa shape index (κ2) is 6.85. The van der Waals surface area contributed by atoms with E-state index >= 15 is 0 Å². The summed E-state index contributed by atoms with van der Waals surface area (Å²) in [5.74, 6) is 0. The topological polar surface area (TPSA) is 60.0 Å². The molecule has 1 aromatic rings. The number of nitrogens with two attached hydrogens (primary N) is 1. The summed E-state index contributed by atoms with van der Waals surface area (Å²) in [7, 11) is 0. The molecule has 5 heteroatoms. The Kier molecular flexibility index (Phi) is 5.13. The second-order valence-corrected chi connectivity index (χ2v) is 5.10. The number of aromatic nitrogens is 3. The van der Waals surface area contributed by atoms with Crippen LogP contribution in [0.15, 0.2) is 6.20 Å². The Balaban J connectivity index is 1.82. The molecule has 0 bridgehead atoms. The smallest absolute Gasteiger partial charge is 0.0962 e. The van der Waals surface area contributed by atoms with Crippen LogP contribution >= 0.6 is 0 Å². The summed E-state index contributed by atoms with van der Waals surface area (Å²) in [6.45, 7) is 5.83. The average molecular weight is 251 g/mol. The fraction of sp³-hybridized carbons (Fsp3) is 0.846. The van der Waals surface area contributed by atoms with Crippen molar-refractivity contribution in [3.05, 3.63) is 11.9 Å². The van der Waals surface area contributed by atoms with E-state index in [0.717, 1.165) is 31.4 Å². The summed E-state index contributed by atoms with van der Waals surface area (Å²) in [6.07, 6.45) is 8.87. The van der Waals surface area contributed by atoms with Gasteiger partial charge in [-0.05, 0) is 19.4 Å². The van der Waals surface area contributed by atoms with Gasteiger partial charge in [0.1, 0.15) is 0 Å². The lowest BCUT2D eigenvalue weighted by Crippen LogP contribution is -2.38. The van der Waals surface area contributed by atoms with Gasteiger partial charge < -0.3 is 5.73 Å². The molecule has 2 rings (SSSR count). The first-order valence-corrected chi connectivity index (χ1v) is 7.16. The highest BCUT2D eigenvalue weighted by atomic mass is 15.4. The highest BCUT2D eigenvalue weighted by Gasteiger charge is 2.19. The van der Waals surface area contributed by atoms with Gasteiger partial charge >= 0.3 is 0 Å². The molecule has 0 amide bonds. The lowest BCUT2D eigenvalue weighted by atomic mass is 9.94. The van der Waals surface area contributed by atoms with Gasteiger partial charge in [-0.1, -0.05) is 31.4 Å².